The van der Waals surface area contributed by atoms with Gasteiger partial charge in [0.2, 0.25) is 0 Å². The Bertz CT molecular complexity index is 458. The number of carboxylic acid groups (broad SMARTS) is 1. The lowest BCUT2D eigenvalue weighted by Gasteiger charge is -2.16. The summed E-state index contributed by atoms with van der Waals surface area (Å²) >= 11 is 0. The lowest BCUT2D eigenvalue weighted by molar-refractivity contribution is -0.138. The van der Waals surface area contributed by atoms with Gasteiger partial charge in [0.05, 0.1) is 13.0 Å². The zero-order valence-corrected chi connectivity index (χ0v) is 12.4. The zero-order valence-electron chi connectivity index (χ0n) is 12.4. The van der Waals surface area contributed by atoms with Gasteiger partial charge < -0.3 is 19.5 Å². The van der Waals surface area contributed by atoms with Crippen LogP contribution in [0.25, 0.3) is 0 Å². The SMILES string of the molecule is CCCOc1ccc(OCC(=O)N(C)CCC(=O)O)cc1. The first-order chi connectivity index (χ1) is 10.0. The number of ether oxygens (including phenoxy) is 2. The van der Waals surface area contributed by atoms with Crippen molar-refractivity contribution >= 4 is 11.9 Å². The predicted molar refractivity (Wildman–Crippen MR) is 77.6 cm³/mol. The summed E-state index contributed by atoms with van der Waals surface area (Å²) in [5.41, 5.74) is 0. The van der Waals surface area contributed by atoms with Crippen LogP contribution in [0.2, 0.25) is 0 Å². The fraction of sp³-hybridized carbons (Fsp3) is 0.467. The van der Waals surface area contributed by atoms with Gasteiger partial charge in [0.1, 0.15) is 11.5 Å². The van der Waals surface area contributed by atoms with Crippen LogP contribution >= 0.6 is 0 Å². The molecule has 0 saturated carbocycles. The van der Waals surface area contributed by atoms with E-state index < -0.39 is 5.97 Å². The summed E-state index contributed by atoms with van der Waals surface area (Å²) in [5.74, 6) is 0.133. The molecule has 0 heterocycles. The third kappa shape index (κ3) is 6.65. The first kappa shape index (κ1) is 16.8. The molecule has 1 rings (SSSR count). The highest BCUT2D eigenvalue weighted by atomic mass is 16.5. The Hall–Kier alpha value is -2.24. The first-order valence-corrected chi connectivity index (χ1v) is 6.84. The molecule has 0 aromatic heterocycles. The van der Waals surface area contributed by atoms with Crippen LogP contribution in [0.3, 0.4) is 0 Å². The lowest BCUT2D eigenvalue weighted by atomic mass is 10.3. The number of rotatable bonds is 9. The van der Waals surface area contributed by atoms with E-state index in [2.05, 4.69) is 0 Å². The number of aliphatic carboxylic acids is 1. The summed E-state index contributed by atoms with van der Waals surface area (Å²) in [6.07, 6.45) is 0.862. The molecular formula is C15H21NO5. The molecule has 1 amide bonds. The maximum atomic E-state index is 11.7. The van der Waals surface area contributed by atoms with Gasteiger partial charge in [0.25, 0.3) is 5.91 Å². The van der Waals surface area contributed by atoms with Crippen LogP contribution in [-0.4, -0.2) is 48.7 Å². The van der Waals surface area contributed by atoms with Crippen molar-refractivity contribution in [2.24, 2.45) is 0 Å². The second-order valence-electron chi connectivity index (χ2n) is 4.57. The molecule has 0 bridgehead atoms. The maximum absolute atomic E-state index is 11.7. The number of amides is 1. The van der Waals surface area contributed by atoms with Gasteiger partial charge in [-0.1, -0.05) is 6.92 Å². The molecule has 0 fully saturated rings. The normalized spacial score (nSPS) is 10.0. The van der Waals surface area contributed by atoms with E-state index in [1.807, 2.05) is 6.92 Å². The molecule has 1 aromatic carbocycles. The fourth-order valence-electron chi connectivity index (χ4n) is 1.50. The summed E-state index contributed by atoms with van der Waals surface area (Å²) < 4.78 is 10.8. The minimum absolute atomic E-state index is 0.0777. The molecule has 0 saturated heterocycles. The minimum atomic E-state index is -0.932. The second-order valence-corrected chi connectivity index (χ2v) is 4.57. The Morgan fingerprint density at radius 3 is 2.24 bits per heavy atom. The van der Waals surface area contributed by atoms with Crippen molar-refractivity contribution in [3.8, 4) is 11.5 Å². The Balaban J connectivity index is 2.36. The highest BCUT2D eigenvalue weighted by Gasteiger charge is 2.11. The lowest BCUT2D eigenvalue weighted by Crippen LogP contribution is -2.33. The summed E-state index contributed by atoms with van der Waals surface area (Å²) in [7, 11) is 1.55. The number of hydrogen-bond donors (Lipinski definition) is 1. The number of carbonyl (C=O) groups is 2. The molecule has 1 aromatic rings. The highest BCUT2D eigenvalue weighted by molar-refractivity contribution is 5.78. The minimum Gasteiger partial charge on any atom is -0.494 e. The number of carboxylic acids is 1. The Morgan fingerprint density at radius 1 is 1.14 bits per heavy atom. The van der Waals surface area contributed by atoms with E-state index in [0.29, 0.717) is 12.4 Å². The molecular weight excluding hydrogens is 274 g/mol. The van der Waals surface area contributed by atoms with Crippen LogP contribution in [-0.2, 0) is 9.59 Å². The van der Waals surface area contributed by atoms with E-state index >= 15 is 0 Å². The summed E-state index contributed by atoms with van der Waals surface area (Å²) in [4.78, 5) is 23.5. The molecule has 1 N–H and O–H groups in total. The van der Waals surface area contributed by atoms with E-state index in [1.54, 1.807) is 31.3 Å². The molecule has 0 aliphatic carbocycles. The van der Waals surface area contributed by atoms with E-state index in [4.69, 9.17) is 14.6 Å². The average molecular weight is 295 g/mol. The van der Waals surface area contributed by atoms with Gasteiger partial charge >= 0.3 is 5.97 Å². The average Bonchev–Trinajstić information content (AvgIpc) is 2.49. The van der Waals surface area contributed by atoms with Gasteiger partial charge in [-0.3, -0.25) is 9.59 Å². The smallest absolute Gasteiger partial charge is 0.305 e. The van der Waals surface area contributed by atoms with Crippen molar-refractivity contribution in [1.82, 2.24) is 4.90 Å². The third-order valence-electron chi connectivity index (χ3n) is 2.75. The molecule has 6 heteroatoms. The van der Waals surface area contributed by atoms with Crippen molar-refractivity contribution in [3.05, 3.63) is 24.3 Å². The van der Waals surface area contributed by atoms with Gasteiger partial charge in [-0.25, -0.2) is 0 Å². The second kappa shape index (κ2) is 8.84. The molecule has 0 unspecified atom stereocenters. The highest BCUT2D eigenvalue weighted by Crippen LogP contribution is 2.17. The Morgan fingerprint density at radius 2 is 1.71 bits per heavy atom. The molecule has 6 nitrogen and oxygen atoms in total. The van der Waals surface area contributed by atoms with Crippen LogP contribution in [0, 0.1) is 0 Å². The van der Waals surface area contributed by atoms with Gasteiger partial charge in [-0.05, 0) is 30.7 Å². The fourth-order valence-corrected chi connectivity index (χ4v) is 1.50. The Labute approximate surface area is 124 Å². The molecule has 116 valence electrons. The number of carbonyl (C=O) groups excluding carboxylic acids is 1. The number of likely N-dealkylation sites (N-methyl/N-ethyl adjacent to an activating group) is 1. The van der Waals surface area contributed by atoms with E-state index in [-0.39, 0.29) is 25.5 Å². The molecule has 0 spiro atoms. The van der Waals surface area contributed by atoms with Gasteiger partial charge in [-0.2, -0.15) is 0 Å². The van der Waals surface area contributed by atoms with Crippen molar-refractivity contribution in [1.29, 1.82) is 0 Å². The van der Waals surface area contributed by atoms with E-state index in [9.17, 15) is 9.59 Å². The molecule has 0 atom stereocenters. The molecule has 21 heavy (non-hydrogen) atoms. The van der Waals surface area contributed by atoms with Crippen LogP contribution in [0.15, 0.2) is 24.3 Å². The van der Waals surface area contributed by atoms with E-state index in [1.165, 1.54) is 4.90 Å². The molecule has 0 aliphatic rings. The predicted octanol–water partition coefficient (Wildman–Crippen LogP) is 1.79. The van der Waals surface area contributed by atoms with Crippen LogP contribution in [0.1, 0.15) is 19.8 Å². The van der Waals surface area contributed by atoms with Gasteiger partial charge in [-0.15, -0.1) is 0 Å². The summed E-state index contributed by atoms with van der Waals surface area (Å²) in [5, 5.41) is 8.56. The number of benzene rings is 1. The van der Waals surface area contributed by atoms with Gasteiger partial charge in [0, 0.05) is 13.6 Å². The van der Waals surface area contributed by atoms with Crippen LogP contribution in [0.4, 0.5) is 0 Å². The van der Waals surface area contributed by atoms with Crippen molar-refractivity contribution < 1.29 is 24.2 Å². The van der Waals surface area contributed by atoms with Crippen LogP contribution < -0.4 is 9.47 Å². The zero-order chi connectivity index (χ0) is 15.7. The first-order valence-electron chi connectivity index (χ1n) is 6.84. The number of nitrogens with zero attached hydrogens (tertiary/aromatic N) is 1. The third-order valence-corrected chi connectivity index (χ3v) is 2.75. The standard InChI is InChI=1S/C15H21NO5/c1-3-10-20-12-4-6-13(7-5-12)21-11-14(17)16(2)9-8-15(18)19/h4-7H,3,8-11H2,1-2H3,(H,18,19). The van der Waals surface area contributed by atoms with Crippen molar-refractivity contribution in [2.75, 3.05) is 26.8 Å². The van der Waals surface area contributed by atoms with Crippen LogP contribution in [0.5, 0.6) is 11.5 Å². The van der Waals surface area contributed by atoms with Gasteiger partial charge in [0.15, 0.2) is 6.61 Å². The largest absolute Gasteiger partial charge is 0.494 e. The van der Waals surface area contributed by atoms with E-state index in [0.717, 1.165) is 12.2 Å². The van der Waals surface area contributed by atoms with Crippen molar-refractivity contribution in [2.45, 2.75) is 19.8 Å². The number of hydrogen-bond acceptors (Lipinski definition) is 4. The van der Waals surface area contributed by atoms with Crippen molar-refractivity contribution in [3.63, 3.8) is 0 Å². The topological polar surface area (TPSA) is 76.1 Å². The molecule has 0 radical (unpaired) electrons. The maximum Gasteiger partial charge on any atom is 0.305 e. The molecule has 0 aliphatic heterocycles. The summed E-state index contributed by atoms with van der Waals surface area (Å²) in [6.45, 7) is 2.74. The Kier molecular flexibility index (Phi) is 7.08. The summed E-state index contributed by atoms with van der Waals surface area (Å²) in [6, 6.07) is 7.03. The quantitative estimate of drug-likeness (QED) is 0.751. The monoisotopic (exact) mass is 295 g/mol.